The molecule has 2 N–H and O–H groups in total. The first kappa shape index (κ1) is 36.4. The number of carbonyl (C=O) groups excluding carboxylic acids is 2. The fraction of sp³-hybridized carbons (Fsp3) is 0.595. The lowest BCUT2D eigenvalue weighted by molar-refractivity contribution is -0.133. The molecule has 47 heavy (non-hydrogen) atoms. The highest BCUT2D eigenvalue weighted by atomic mass is 35.5. The first-order valence-electron chi connectivity index (χ1n) is 16.6. The van der Waals surface area contributed by atoms with Crippen LogP contribution in [0.3, 0.4) is 0 Å². The second-order valence-electron chi connectivity index (χ2n) is 15.4. The smallest absolute Gasteiger partial charge is 0.410 e. The van der Waals surface area contributed by atoms with Crippen molar-refractivity contribution in [3.63, 3.8) is 0 Å². The Balaban J connectivity index is 0.000000238. The quantitative estimate of drug-likeness (QED) is 0.326. The molecule has 2 amide bonds. The molecule has 1 saturated carbocycles. The average molecular weight is 667 g/mol. The van der Waals surface area contributed by atoms with Crippen molar-refractivity contribution in [2.75, 3.05) is 37.7 Å². The molecule has 9 nitrogen and oxygen atoms in total. The fourth-order valence-electron chi connectivity index (χ4n) is 7.22. The largest absolute Gasteiger partial charge is 0.489 e. The van der Waals surface area contributed by atoms with E-state index >= 15 is 0 Å². The third-order valence-electron chi connectivity index (χ3n) is 9.14. The molecule has 0 aromatic heterocycles. The third kappa shape index (κ3) is 9.77. The van der Waals surface area contributed by atoms with Gasteiger partial charge >= 0.3 is 6.09 Å². The summed E-state index contributed by atoms with van der Waals surface area (Å²) in [6, 6.07) is 14.7. The summed E-state index contributed by atoms with van der Waals surface area (Å²) >= 11 is 6.01. The number of piperidine rings is 1. The molecule has 2 aliphatic heterocycles. The molecule has 0 radical (unpaired) electrons. The lowest BCUT2D eigenvalue weighted by Gasteiger charge is -2.56. The van der Waals surface area contributed by atoms with Gasteiger partial charge in [0.05, 0.1) is 16.7 Å². The normalized spacial score (nSPS) is 20.8. The van der Waals surface area contributed by atoms with Crippen LogP contribution in [0.25, 0.3) is 0 Å². The van der Waals surface area contributed by atoms with E-state index in [1.807, 2.05) is 45.0 Å². The van der Waals surface area contributed by atoms with E-state index in [4.69, 9.17) is 36.8 Å². The number of hydrogen-bond acceptors (Lipinski definition) is 7. The topological polar surface area (TPSA) is 118 Å². The van der Waals surface area contributed by atoms with Gasteiger partial charge in [0.1, 0.15) is 23.5 Å². The number of benzene rings is 2. The Morgan fingerprint density at radius 2 is 1.64 bits per heavy atom. The van der Waals surface area contributed by atoms with Gasteiger partial charge in [0.2, 0.25) is 5.91 Å². The van der Waals surface area contributed by atoms with Crippen LogP contribution in [0.5, 0.6) is 5.75 Å². The minimum absolute atomic E-state index is 0.175. The van der Waals surface area contributed by atoms with Gasteiger partial charge in [-0.15, -0.1) is 0 Å². The molecule has 2 aromatic rings. The first-order chi connectivity index (χ1) is 22.0. The molecule has 3 aliphatic rings. The lowest BCUT2D eigenvalue weighted by Crippen LogP contribution is -2.58. The molecule has 256 valence electrons. The highest BCUT2D eigenvalue weighted by molar-refractivity contribution is 6.31. The summed E-state index contributed by atoms with van der Waals surface area (Å²) < 4.78 is 17.7. The number of nitrogens with zero attached hydrogens (tertiary/aromatic N) is 3. The highest BCUT2D eigenvalue weighted by Gasteiger charge is 2.54. The monoisotopic (exact) mass is 666 g/mol. The van der Waals surface area contributed by atoms with Crippen LogP contribution in [-0.4, -0.2) is 67.5 Å². The number of halogens is 1. The summed E-state index contributed by atoms with van der Waals surface area (Å²) in [5, 5.41) is 9.29. The van der Waals surface area contributed by atoms with E-state index < -0.39 is 11.5 Å². The number of likely N-dealkylation sites (tertiary alicyclic amines) is 1. The minimum Gasteiger partial charge on any atom is -0.489 e. The van der Waals surface area contributed by atoms with E-state index in [-0.39, 0.29) is 29.1 Å². The van der Waals surface area contributed by atoms with Crippen LogP contribution in [0.4, 0.5) is 10.5 Å². The van der Waals surface area contributed by atoms with Gasteiger partial charge in [0.15, 0.2) is 0 Å². The standard InChI is InChI=1S/C22H33N3O4.C15H18ClNO/c1-22(2,3)29-21(27)24-11-8-16(9-12-24)15-28-19-10-13-25(14-19)18-6-4-17(5-7-18)20(23)26;1-14(2)9-15(3,4)13(14)18-11-6-5-10(8-17)12(16)7-11/h4-7,16,19H,8-15H2,1-3H3,(H2,23,26);5-7,13H,9H2,1-4H3. The predicted octanol–water partition coefficient (Wildman–Crippen LogP) is 7.44. The molecule has 1 unspecified atom stereocenters. The predicted molar refractivity (Wildman–Crippen MR) is 185 cm³/mol. The van der Waals surface area contributed by atoms with Crippen molar-refractivity contribution in [2.24, 2.45) is 22.5 Å². The summed E-state index contributed by atoms with van der Waals surface area (Å²) in [5.41, 5.74) is 7.32. The SMILES string of the molecule is CC(C)(C)OC(=O)N1CCC(COC2CCN(c3ccc(C(N)=O)cc3)C2)CC1.CC1(C)CC(C)(C)C1Oc1ccc(C#N)c(Cl)c1. The first-order valence-corrected chi connectivity index (χ1v) is 17.0. The third-order valence-corrected chi connectivity index (χ3v) is 9.45. The molecule has 2 heterocycles. The van der Waals surface area contributed by atoms with Crippen molar-refractivity contribution in [3.8, 4) is 11.8 Å². The van der Waals surface area contributed by atoms with Crippen LogP contribution in [-0.2, 0) is 9.47 Å². The van der Waals surface area contributed by atoms with Crippen LogP contribution >= 0.6 is 11.6 Å². The van der Waals surface area contributed by atoms with Gasteiger partial charge in [-0.25, -0.2) is 4.79 Å². The van der Waals surface area contributed by atoms with E-state index in [9.17, 15) is 9.59 Å². The maximum absolute atomic E-state index is 12.2. The maximum Gasteiger partial charge on any atom is 0.410 e. The Hall–Kier alpha value is -3.48. The number of primary amides is 1. The molecule has 1 aliphatic carbocycles. The number of anilines is 1. The van der Waals surface area contributed by atoms with E-state index in [1.165, 1.54) is 0 Å². The number of nitriles is 1. The molecule has 3 fully saturated rings. The molecule has 1 atom stereocenters. The van der Waals surface area contributed by atoms with Crippen molar-refractivity contribution in [1.29, 1.82) is 5.26 Å². The van der Waals surface area contributed by atoms with E-state index in [0.717, 1.165) is 69.9 Å². The number of amides is 2. The molecule has 2 aromatic carbocycles. The van der Waals surface area contributed by atoms with Crippen molar-refractivity contribution in [2.45, 2.75) is 92.0 Å². The van der Waals surface area contributed by atoms with Crippen LogP contribution in [0.15, 0.2) is 42.5 Å². The van der Waals surface area contributed by atoms with Crippen molar-refractivity contribution >= 4 is 29.3 Å². The number of carbonyl (C=O) groups is 2. The van der Waals surface area contributed by atoms with E-state index in [2.05, 4.69) is 32.6 Å². The molecule has 10 heteroatoms. The van der Waals surface area contributed by atoms with Gasteiger partial charge in [-0.05, 0) is 88.8 Å². The molecule has 5 rings (SSSR count). The van der Waals surface area contributed by atoms with Crippen LogP contribution in [0, 0.1) is 28.1 Å². The van der Waals surface area contributed by atoms with Gasteiger partial charge in [0, 0.05) is 60.9 Å². The van der Waals surface area contributed by atoms with Crippen molar-refractivity contribution in [3.05, 3.63) is 58.6 Å². The van der Waals surface area contributed by atoms with Gasteiger partial charge in [-0.3, -0.25) is 4.79 Å². The maximum atomic E-state index is 12.2. The van der Waals surface area contributed by atoms with Gasteiger partial charge < -0.3 is 29.7 Å². The molecule has 2 saturated heterocycles. The highest BCUT2D eigenvalue weighted by Crippen LogP contribution is 2.55. The second kappa shape index (κ2) is 14.7. The summed E-state index contributed by atoms with van der Waals surface area (Å²) in [6.07, 6.45) is 4.21. The zero-order valence-electron chi connectivity index (χ0n) is 29.0. The summed E-state index contributed by atoms with van der Waals surface area (Å²) in [7, 11) is 0. The summed E-state index contributed by atoms with van der Waals surface area (Å²) in [5.74, 6) is 0.819. The van der Waals surface area contributed by atoms with Gasteiger partial charge in [-0.2, -0.15) is 5.26 Å². The van der Waals surface area contributed by atoms with Gasteiger partial charge in [0.25, 0.3) is 0 Å². The van der Waals surface area contributed by atoms with Crippen molar-refractivity contribution < 1.29 is 23.8 Å². The Kier molecular flexibility index (Phi) is 11.4. The molecular formula is C37H51ClN4O5. The average Bonchev–Trinajstić information content (AvgIpc) is 3.47. The number of nitrogens with two attached hydrogens (primary N) is 1. The summed E-state index contributed by atoms with van der Waals surface area (Å²) in [4.78, 5) is 27.4. The molecule has 0 spiro atoms. The van der Waals surface area contributed by atoms with Crippen LogP contribution in [0.1, 0.15) is 90.1 Å². The lowest BCUT2D eigenvalue weighted by atomic mass is 9.53. The Morgan fingerprint density at radius 3 is 2.17 bits per heavy atom. The zero-order valence-corrected chi connectivity index (χ0v) is 29.7. The minimum atomic E-state index is -0.453. The van der Waals surface area contributed by atoms with E-state index in [0.29, 0.717) is 22.1 Å². The molecule has 0 bridgehead atoms. The number of hydrogen-bond donors (Lipinski definition) is 1. The summed E-state index contributed by atoms with van der Waals surface area (Å²) in [6.45, 7) is 18.5. The number of ether oxygens (including phenoxy) is 3. The Morgan fingerprint density at radius 1 is 1.00 bits per heavy atom. The van der Waals surface area contributed by atoms with Crippen LogP contribution in [0.2, 0.25) is 5.02 Å². The van der Waals surface area contributed by atoms with E-state index in [1.54, 1.807) is 29.2 Å². The second-order valence-corrected chi connectivity index (χ2v) is 15.8. The van der Waals surface area contributed by atoms with Crippen LogP contribution < -0.4 is 15.4 Å². The molecular weight excluding hydrogens is 616 g/mol. The van der Waals surface area contributed by atoms with Crippen molar-refractivity contribution in [1.82, 2.24) is 4.90 Å². The van der Waals surface area contributed by atoms with Gasteiger partial charge in [-0.1, -0.05) is 39.3 Å². The Bertz CT molecular complexity index is 1420. The number of rotatable bonds is 7. The zero-order chi connectivity index (χ0) is 34.6. The Labute approximate surface area is 285 Å². The fourth-order valence-corrected chi connectivity index (χ4v) is 7.43.